The van der Waals surface area contributed by atoms with Crippen molar-refractivity contribution in [2.45, 2.75) is 10.9 Å². The van der Waals surface area contributed by atoms with Gasteiger partial charge in [0.25, 0.3) is 0 Å². The predicted octanol–water partition coefficient (Wildman–Crippen LogP) is 6.11. The molecule has 3 aromatic carbocycles. The summed E-state index contributed by atoms with van der Waals surface area (Å²) in [6.45, 7) is 0.537. The molecule has 30 heavy (non-hydrogen) atoms. The van der Waals surface area contributed by atoms with Crippen molar-refractivity contribution in [3.05, 3.63) is 88.9 Å². The van der Waals surface area contributed by atoms with Gasteiger partial charge in [0.2, 0.25) is 5.91 Å². The average Bonchev–Trinajstić information content (AvgIpc) is 3.19. The number of carbonyl (C=O) groups is 1. The number of nitrogens with zero attached hydrogens (tertiary/aromatic N) is 2. The quantitative estimate of drug-likeness (QED) is 0.272. The topological polar surface area (TPSA) is 54.4 Å². The van der Waals surface area contributed by atoms with Crippen molar-refractivity contribution in [1.82, 2.24) is 10.3 Å². The highest BCUT2D eigenvalue weighted by molar-refractivity contribution is 8.01. The number of thiazole rings is 1. The van der Waals surface area contributed by atoms with E-state index in [4.69, 9.17) is 11.6 Å². The molecule has 0 aliphatic heterocycles. The van der Waals surface area contributed by atoms with E-state index in [0.717, 1.165) is 31.4 Å². The fourth-order valence-electron chi connectivity index (χ4n) is 2.71. The number of nitrogens with one attached hydrogen (secondary N) is 1. The molecule has 1 N–H and O–H groups in total. The van der Waals surface area contributed by atoms with Gasteiger partial charge in [-0.25, -0.2) is 4.98 Å². The van der Waals surface area contributed by atoms with E-state index >= 15 is 0 Å². The molecule has 4 rings (SSSR count). The second-order valence-electron chi connectivity index (χ2n) is 6.49. The standard InChI is InChI=1S/C23H18ClN3OS2/c24-18-8-6-17(7-9-18)13-25-19-10-11-20-21(12-19)30-23(27-20)29-15-22(28)26-14-16-4-2-1-3-5-16/h1-13H,14-15H2,(H,26,28). The first-order chi connectivity index (χ1) is 14.7. The van der Waals surface area contributed by atoms with Crippen LogP contribution in [0, 0.1) is 0 Å². The maximum Gasteiger partial charge on any atom is 0.230 e. The van der Waals surface area contributed by atoms with E-state index in [9.17, 15) is 4.79 Å². The monoisotopic (exact) mass is 451 g/mol. The Bertz CT molecular complexity index is 1170. The number of thioether (sulfide) groups is 1. The Morgan fingerprint density at radius 1 is 1.10 bits per heavy atom. The smallest absolute Gasteiger partial charge is 0.230 e. The van der Waals surface area contributed by atoms with E-state index in [1.54, 1.807) is 11.3 Å². The van der Waals surface area contributed by atoms with Crippen molar-refractivity contribution in [3.8, 4) is 0 Å². The van der Waals surface area contributed by atoms with Gasteiger partial charge in [0.1, 0.15) is 0 Å². The van der Waals surface area contributed by atoms with Crippen LogP contribution in [-0.2, 0) is 11.3 Å². The molecular weight excluding hydrogens is 434 g/mol. The minimum atomic E-state index is -0.00337. The zero-order valence-electron chi connectivity index (χ0n) is 15.9. The summed E-state index contributed by atoms with van der Waals surface area (Å²) in [5.41, 5.74) is 3.85. The minimum Gasteiger partial charge on any atom is -0.351 e. The number of fused-ring (bicyclic) bond motifs is 1. The Morgan fingerprint density at radius 3 is 2.70 bits per heavy atom. The van der Waals surface area contributed by atoms with Crippen LogP contribution in [0.1, 0.15) is 11.1 Å². The number of aliphatic imine (C=N–C) groups is 1. The summed E-state index contributed by atoms with van der Waals surface area (Å²) < 4.78 is 1.92. The van der Waals surface area contributed by atoms with Gasteiger partial charge in [0, 0.05) is 17.8 Å². The van der Waals surface area contributed by atoms with Crippen molar-refractivity contribution >= 4 is 62.7 Å². The largest absolute Gasteiger partial charge is 0.351 e. The summed E-state index contributed by atoms with van der Waals surface area (Å²) in [5.74, 6) is 0.338. The van der Waals surface area contributed by atoms with Crippen LogP contribution in [0.15, 0.2) is 82.1 Å². The lowest BCUT2D eigenvalue weighted by molar-refractivity contribution is -0.118. The van der Waals surface area contributed by atoms with Crippen LogP contribution < -0.4 is 5.32 Å². The number of carbonyl (C=O) groups excluding carboxylic acids is 1. The number of hydrogen-bond acceptors (Lipinski definition) is 5. The van der Waals surface area contributed by atoms with Crippen LogP contribution in [-0.4, -0.2) is 22.9 Å². The molecule has 0 unspecified atom stereocenters. The molecule has 0 aliphatic rings. The van der Waals surface area contributed by atoms with Gasteiger partial charge in [-0.2, -0.15) is 0 Å². The highest BCUT2D eigenvalue weighted by Crippen LogP contribution is 2.31. The molecule has 4 aromatic rings. The van der Waals surface area contributed by atoms with Crippen LogP contribution in [0.3, 0.4) is 0 Å². The number of hydrogen-bond donors (Lipinski definition) is 1. The van der Waals surface area contributed by atoms with E-state index < -0.39 is 0 Å². The first kappa shape index (κ1) is 20.6. The number of amides is 1. The lowest BCUT2D eigenvalue weighted by Gasteiger charge is -2.03. The molecular formula is C23H18ClN3OS2. The average molecular weight is 452 g/mol. The summed E-state index contributed by atoms with van der Waals surface area (Å²) in [6.07, 6.45) is 1.81. The van der Waals surface area contributed by atoms with E-state index in [1.807, 2.05) is 79.0 Å². The maximum atomic E-state index is 12.1. The number of aromatic nitrogens is 1. The van der Waals surface area contributed by atoms with Gasteiger partial charge in [0.15, 0.2) is 4.34 Å². The Hall–Kier alpha value is -2.67. The molecule has 0 radical (unpaired) electrons. The highest BCUT2D eigenvalue weighted by atomic mass is 35.5. The van der Waals surface area contributed by atoms with Gasteiger partial charge in [0.05, 0.1) is 21.7 Å². The fraction of sp³-hybridized carbons (Fsp3) is 0.0870. The third-order valence-electron chi connectivity index (χ3n) is 4.24. The predicted molar refractivity (Wildman–Crippen MR) is 127 cm³/mol. The molecule has 0 saturated carbocycles. The third kappa shape index (κ3) is 5.69. The van der Waals surface area contributed by atoms with Gasteiger partial charge in [-0.05, 0) is 41.5 Å². The SMILES string of the molecule is O=C(CSc1nc2ccc(N=Cc3ccc(Cl)cc3)cc2s1)NCc1ccccc1. The molecule has 1 amide bonds. The maximum absolute atomic E-state index is 12.1. The van der Waals surface area contributed by atoms with Gasteiger partial charge in [-0.15, -0.1) is 11.3 Å². The molecule has 0 atom stereocenters. The molecule has 1 heterocycles. The summed E-state index contributed by atoms with van der Waals surface area (Å²) >= 11 is 8.93. The lowest BCUT2D eigenvalue weighted by atomic mass is 10.2. The molecule has 150 valence electrons. The van der Waals surface area contributed by atoms with E-state index in [2.05, 4.69) is 15.3 Å². The Morgan fingerprint density at radius 2 is 1.90 bits per heavy atom. The molecule has 0 aliphatic carbocycles. The van der Waals surface area contributed by atoms with Gasteiger partial charge < -0.3 is 5.32 Å². The molecule has 4 nitrogen and oxygen atoms in total. The van der Waals surface area contributed by atoms with E-state index in [-0.39, 0.29) is 5.91 Å². The highest BCUT2D eigenvalue weighted by Gasteiger charge is 2.08. The molecule has 7 heteroatoms. The first-order valence-corrected chi connectivity index (χ1v) is 11.5. The zero-order chi connectivity index (χ0) is 20.8. The van der Waals surface area contributed by atoms with Crippen molar-refractivity contribution in [1.29, 1.82) is 0 Å². The van der Waals surface area contributed by atoms with E-state index in [1.165, 1.54) is 11.8 Å². The normalized spacial score (nSPS) is 11.2. The molecule has 0 fully saturated rings. The summed E-state index contributed by atoms with van der Waals surface area (Å²) in [4.78, 5) is 21.3. The third-order valence-corrected chi connectivity index (χ3v) is 6.66. The summed E-state index contributed by atoms with van der Waals surface area (Å²) in [7, 11) is 0. The minimum absolute atomic E-state index is 0.00337. The van der Waals surface area contributed by atoms with E-state index in [0.29, 0.717) is 17.3 Å². The molecule has 1 aromatic heterocycles. The Kier molecular flexibility index (Phi) is 6.79. The number of halogens is 1. The fourth-order valence-corrected chi connectivity index (χ4v) is 4.76. The number of rotatable bonds is 7. The Labute approximate surface area is 188 Å². The van der Waals surface area contributed by atoms with Gasteiger partial charge in [-0.3, -0.25) is 9.79 Å². The van der Waals surface area contributed by atoms with Crippen LogP contribution in [0.5, 0.6) is 0 Å². The van der Waals surface area contributed by atoms with Gasteiger partial charge >= 0.3 is 0 Å². The molecule has 0 bridgehead atoms. The van der Waals surface area contributed by atoms with Crippen LogP contribution in [0.4, 0.5) is 5.69 Å². The van der Waals surface area contributed by atoms with Crippen molar-refractivity contribution in [3.63, 3.8) is 0 Å². The van der Waals surface area contributed by atoms with Crippen LogP contribution in [0.2, 0.25) is 5.02 Å². The second kappa shape index (κ2) is 9.89. The number of benzene rings is 3. The zero-order valence-corrected chi connectivity index (χ0v) is 18.3. The van der Waals surface area contributed by atoms with Gasteiger partial charge in [-0.1, -0.05) is 65.8 Å². The second-order valence-corrected chi connectivity index (χ2v) is 9.18. The van der Waals surface area contributed by atoms with Crippen molar-refractivity contribution in [2.75, 3.05) is 5.75 Å². The Balaban J connectivity index is 1.35. The van der Waals surface area contributed by atoms with Crippen LogP contribution >= 0.6 is 34.7 Å². The summed E-state index contributed by atoms with van der Waals surface area (Å²) in [5, 5.41) is 3.64. The lowest BCUT2D eigenvalue weighted by Crippen LogP contribution is -2.24. The first-order valence-electron chi connectivity index (χ1n) is 9.29. The van der Waals surface area contributed by atoms with Crippen LogP contribution in [0.25, 0.3) is 10.2 Å². The van der Waals surface area contributed by atoms with Crippen molar-refractivity contribution < 1.29 is 4.79 Å². The van der Waals surface area contributed by atoms with Crippen molar-refractivity contribution in [2.24, 2.45) is 4.99 Å². The summed E-state index contributed by atoms with van der Waals surface area (Å²) in [6, 6.07) is 23.3. The molecule has 0 saturated heterocycles. The molecule has 0 spiro atoms.